The van der Waals surface area contributed by atoms with E-state index in [1.807, 2.05) is 0 Å². The van der Waals surface area contributed by atoms with Gasteiger partial charge in [0.1, 0.15) is 0 Å². The molecule has 0 bridgehead atoms. The molecule has 0 aliphatic carbocycles. The van der Waals surface area contributed by atoms with Gasteiger partial charge in [0.25, 0.3) is 0 Å². The van der Waals surface area contributed by atoms with Crippen LogP contribution in [0.15, 0.2) is 0 Å². The third-order valence-electron chi connectivity index (χ3n) is 2.44. The normalized spacial score (nSPS) is 10.9. The zero-order valence-electron chi connectivity index (χ0n) is 10.7. The molecule has 0 aliphatic heterocycles. The van der Waals surface area contributed by atoms with E-state index in [0.29, 0.717) is 0 Å². The van der Waals surface area contributed by atoms with Crippen molar-refractivity contribution in [1.29, 1.82) is 0 Å². The molecule has 98 valence electrons. The Morgan fingerprint density at radius 3 is 1.81 bits per heavy atom. The van der Waals surface area contributed by atoms with Crippen LogP contribution in [0.4, 0.5) is 0 Å². The second-order valence-electron chi connectivity index (χ2n) is 4.04. The van der Waals surface area contributed by atoms with Gasteiger partial charge in [0.2, 0.25) is 0 Å². The molecule has 0 heterocycles. The summed E-state index contributed by atoms with van der Waals surface area (Å²) >= 11 is 5.59. The van der Waals surface area contributed by atoms with Crippen molar-refractivity contribution < 1.29 is 9.47 Å². The van der Waals surface area contributed by atoms with Crippen LogP contribution in [0.5, 0.6) is 0 Å². The Morgan fingerprint density at radius 2 is 1.25 bits per heavy atom. The number of rotatable bonds is 13. The van der Waals surface area contributed by atoms with E-state index in [2.05, 4.69) is 6.92 Å². The molecule has 0 rings (SSSR count). The smallest absolute Gasteiger partial charge is 0.0700 e. The van der Waals surface area contributed by atoms with E-state index in [9.17, 15) is 0 Å². The minimum atomic E-state index is 0.738. The Labute approximate surface area is 106 Å². The zero-order chi connectivity index (χ0) is 11.9. The molecular formula is C13H27ClO2. The van der Waals surface area contributed by atoms with Crippen molar-refractivity contribution in [2.45, 2.75) is 51.9 Å². The van der Waals surface area contributed by atoms with Gasteiger partial charge in [-0.2, -0.15) is 0 Å². The predicted molar refractivity (Wildman–Crippen MR) is 70.4 cm³/mol. The van der Waals surface area contributed by atoms with Gasteiger partial charge in [0.05, 0.1) is 13.2 Å². The molecule has 0 aromatic rings. The monoisotopic (exact) mass is 250 g/mol. The van der Waals surface area contributed by atoms with Gasteiger partial charge >= 0.3 is 0 Å². The highest BCUT2D eigenvalue weighted by Gasteiger charge is 1.92. The summed E-state index contributed by atoms with van der Waals surface area (Å²) in [6, 6.07) is 0. The van der Waals surface area contributed by atoms with Crippen molar-refractivity contribution in [3.05, 3.63) is 0 Å². The number of hydrogen-bond acceptors (Lipinski definition) is 2. The fourth-order valence-electron chi connectivity index (χ4n) is 1.43. The molecule has 0 saturated heterocycles. The van der Waals surface area contributed by atoms with E-state index in [-0.39, 0.29) is 0 Å². The minimum Gasteiger partial charge on any atom is -0.379 e. The van der Waals surface area contributed by atoms with Crippen molar-refractivity contribution >= 4 is 11.6 Å². The summed E-state index contributed by atoms with van der Waals surface area (Å²) in [7, 11) is 0. The van der Waals surface area contributed by atoms with Gasteiger partial charge in [0, 0.05) is 19.1 Å². The van der Waals surface area contributed by atoms with E-state index >= 15 is 0 Å². The summed E-state index contributed by atoms with van der Waals surface area (Å²) in [5, 5.41) is 0. The molecule has 0 N–H and O–H groups in total. The maximum atomic E-state index is 5.59. The largest absolute Gasteiger partial charge is 0.379 e. The number of ether oxygens (including phenoxy) is 2. The summed E-state index contributed by atoms with van der Waals surface area (Å²) in [5.41, 5.74) is 0. The number of halogens is 1. The van der Waals surface area contributed by atoms with Crippen LogP contribution in [0.2, 0.25) is 0 Å². The second kappa shape index (κ2) is 15.2. The molecule has 0 aromatic carbocycles. The Bertz CT molecular complexity index is 107. The molecule has 0 saturated carbocycles. The lowest BCUT2D eigenvalue weighted by Gasteiger charge is -2.05. The van der Waals surface area contributed by atoms with Crippen molar-refractivity contribution in [3.63, 3.8) is 0 Å². The van der Waals surface area contributed by atoms with E-state index in [4.69, 9.17) is 21.1 Å². The predicted octanol–water partition coefficient (Wildman–Crippen LogP) is 4.01. The molecule has 0 fully saturated rings. The van der Waals surface area contributed by atoms with Crippen molar-refractivity contribution in [3.8, 4) is 0 Å². The molecular weight excluding hydrogens is 224 g/mol. The first-order valence-electron chi connectivity index (χ1n) is 6.63. The lowest BCUT2D eigenvalue weighted by atomic mass is 10.2. The van der Waals surface area contributed by atoms with E-state index in [1.54, 1.807) is 0 Å². The fraction of sp³-hybridized carbons (Fsp3) is 1.00. The lowest BCUT2D eigenvalue weighted by Crippen LogP contribution is -2.06. The van der Waals surface area contributed by atoms with Crippen LogP contribution in [0.1, 0.15) is 51.9 Å². The third kappa shape index (κ3) is 14.2. The quantitative estimate of drug-likeness (QED) is 0.363. The molecule has 0 atom stereocenters. The topological polar surface area (TPSA) is 18.5 Å². The van der Waals surface area contributed by atoms with Crippen molar-refractivity contribution in [2.75, 3.05) is 32.3 Å². The maximum Gasteiger partial charge on any atom is 0.0700 e. The summed E-state index contributed by atoms with van der Waals surface area (Å²) in [6.45, 7) is 5.42. The minimum absolute atomic E-state index is 0.738. The number of hydrogen-bond donors (Lipinski definition) is 0. The van der Waals surface area contributed by atoms with Crippen LogP contribution in [0, 0.1) is 0 Å². The highest BCUT2D eigenvalue weighted by Crippen LogP contribution is 2.01. The first-order valence-corrected chi connectivity index (χ1v) is 7.16. The highest BCUT2D eigenvalue weighted by atomic mass is 35.5. The van der Waals surface area contributed by atoms with Crippen molar-refractivity contribution in [2.24, 2.45) is 0 Å². The Hall–Kier alpha value is 0.210. The van der Waals surface area contributed by atoms with Gasteiger partial charge in [-0.05, 0) is 19.3 Å². The fourth-order valence-corrected chi connectivity index (χ4v) is 1.62. The molecule has 0 radical (unpaired) electrons. The van der Waals surface area contributed by atoms with Gasteiger partial charge in [-0.1, -0.05) is 32.6 Å². The van der Waals surface area contributed by atoms with Crippen LogP contribution in [-0.2, 0) is 9.47 Å². The van der Waals surface area contributed by atoms with Crippen LogP contribution < -0.4 is 0 Å². The summed E-state index contributed by atoms with van der Waals surface area (Å²) in [4.78, 5) is 0. The molecule has 16 heavy (non-hydrogen) atoms. The molecule has 3 heteroatoms. The third-order valence-corrected chi connectivity index (χ3v) is 2.70. The second-order valence-corrected chi connectivity index (χ2v) is 4.41. The molecule has 2 nitrogen and oxygen atoms in total. The van der Waals surface area contributed by atoms with Gasteiger partial charge in [-0.25, -0.2) is 0 Å². The summed E-state index contributed by atoms with van der Waals surface area (Å²) < 4.78 is 10.9. The molecule has 0 spiro atoms. The maximum absolute atomic E-state index is 5.59. The summed E-state index contributed by atoms with van der Waals surface area (Å²) in [5.74, 6) is 0.784. The van der Waals surface area contributed by atoms with Crippen LogP contribution in [-0.4, -0.2) is 32.3 Å². The molecule has 0 amide bonds. The van der Waals surface area contributed by atoms with E-state index in [0.717, 1.165) is 45.1 Å². The Morgan fingerprint density at radius 1 is 0.688 bits per heavy atom. The van der Waals surface area contributed by atoms with Crippen LogP contribution >= 0.6 is 11.6 Å². The molecule has 0 aromatic heterocycles. The average Bonchev–Trinajstić information content (AvgIpc) is 2.31. The SMILES string of the molecule is CCCCCOCCOCCCCCCCl. The summed E-state index contributed by atoms with van der Waals surface area (Å²) in [6.07, 6.45) is 8.41. The van der Waals surface area contributed by atoms with Crippen LogP contribution in [0.25, 0.3) is 0 Å². The van der Waals surface area contributed by atoms with Crippen molar-refractivity contribution in [1.82, 2.24) is 0 Å². The van der Waals surface area contributed by atoms with Crippen LogP contribution in [0.3, 0.4) is 0 Å². The first-order chi connectivity index (χ1) is 7.91. The standard InChI is InChI=1S/C13H27ClO2/c1-2-3-7-10-15-12-13-16-11-8-5-4-6-9-14/h2-13H2,1H3. The van der Waals surface area contributed by atoms with Gasteiger partial charge in [0.15, 0.2) is 0 Å². The van der Waals surface area contributed by atoms with Gasteiger partial charge in [-0.15, -0.1) is 11.6 Å². The number of alkyl halides is 1. The Balaban J connectivity index is 2.83. The first kappa shape index (κ1) is 16.2. The Kier molecular flexibility index (Phi) is 15.4. The highest BCUT2D eigenvalue weighted by molar-refractivity contribution is 6.17. The van der Waals surface area contributed by atoms with E-state index < -0.39 is 0 Å². The lowest BCUT2D eigenvalue weighted by molar-refractivity contribution is 0.0450. The number of unbranched alkanes of at least 4 members (excludes halogenated alkanes) is 5. The molecule has 0 aliphatic rings. The van der Waals surface area contributed by atoms with Gasteiger partial charge in [-0.3, -0.25) is 0 Å². The average molecular weight is 251 g/mol. The van der Waals surface area contributed by atoms with E-state index in [1.165, 1.54) is 32.1 Å². The van der Waals surface area contributed by atoms with Gasteiger partial charge < -0.3 is 9.47 Å². The molecule has 0 unspecified atom stereocenters. The zero-order valence-corrected chi connectivity index (χ0v) is 11.4.